The van der Waals surface area contributed by atoms with Crippen molar-refractivity contribution in [3.05, 3.63) is 0 Å². The minimum Gasteiger partial charge on any atom is -0.480 e. The number of nitrogens with two attached hydrogens (primary N) is 1. The van der Waals surface area contributed by atoms with E-state index in [1.54, 1.807) is 0 Å². The molecule has 18 heavy (non-hydrogen) atoms. The zero-order valence-electron chi connectivity index (χ0n) is 11.2. The van der Waals surface area contributed by atoms with Crippen LogP contribution in [-0.4, -0.2) is 29.7 Å². The summed E-state index contributed by atoms with van der Waals surface area (Å²) in [6.45, 7) is 2.59. The topological polar surface area (TPSA) is 89.6 Å². The van der Waals surface area contributed by atoms with Crippen LogP contribution in [0.2, 0.25) is 0 Å². The van der Waals surface area contributed by atoms with Crippen molar-refractivity contribution < 1.29 is 19.4 Å². The first-order valence-electron chi connectivity index (χ1n) is 6.72. The fourth-order valence-electron chi connectivity index (χ4n) is 1.54. The number of rotatable bonds is 11. The zero-order chi connectivity index (χ0) is 13.8. The van der Waals surface area contributed by atoms with E-state index in [1.807, 2.05) is 0 Å². The maximum Gasteiger partial charge on any atom is 0.320 e. The smallest absolute Gasteiger partial charge is 0.320 e. The lowest BCUT2D eigenvalue weighted by Crippen LogP contribution is -2.30. The normalized spacial score (nSPS) is 12.1. The molecule has 0 aromatic carbocycles. The standard InChI is InChI=1S/C13H25NO4/c1-2-3-4-5-6-7-10-18-12(15)9-8-11(14)13(16)17/h11H,2-10,14H2,1H3,(H,16,17)/t11-/m0/s1. The second-order valence-electron chi connectivity index (χ2n) is 4.47. The molecule has 3 N–H and O–H groups in total. The predicted octanol–water partition coefficient (Wildman–Crippen LogP) is 2.08. The van der Waals surface area contributed by atoms with Crippen LogP contribution in [0.3, 0.4) is 0 Å². The van der Waals surface area contributed by atoms with E-state index in [0.29, 0.717) is 6.61 Å². The van der Waals surface area contributed by atoms with Crippen molar-refractivity contribution in [2.45, 2.75) is 64.3 Å². The number of carboxylic acids is 1. The monoisotopic (exact) mass is 259 g/mol. The molecule has 0 aliphatic carbocycles. The summed E-state index contributed by atoms with van der Waals surface area (Å²) in [7, 11) is 0. The van der Waals surface area contributed by atoms with Crippen LogP contribution in [0.15, 0.2) is 0 Å². The first-order chi connectivity index (χ1) is 8.57. The molecule has 1 atom stereocenters. The zero-order valence-corrected chi connectivity index (χ0v) is 11.2. The lowest BCUT2D eigenvalue weighted by Gasteiger charge is -2.07. The molecule has 0 heterocycles. The summed E-state index contributed by atoms with van der Waals surface area (Å²) in [6, 6.07) is -0.980. The van der Waals surface area contributed by atoms with E-state index in [0.717, 1.165) is 12.8 Å². The molecule has 106 valence electrons. The molecule has 0 bridgehead atoms. The number of carbonyl (C=O) groups is 2. The molecule has 0 aromatic rings. The van der Waals surface area contributed by atoms with Gasteiger partial charge in [-0.2, -0.15) is 0 Å². The molecule has 0 amide bonds. The molecule has 0 rings (SSSR count). The van der Waals surface area contributed by atoms with Crippen molar-refractivity contribution in [2.24, 2.45) is 5.73 Å². The van der Waals surface area contributed by atoms with Crippen molar-refractivity contribution >= 4 is 11.9 Å². The van der Waals surface area contributed by atoms with Gasteiger partial charge in [-0.15, -0.1) is 0 Å². The van der Waals surface area contributed by atoms with E-state index in [2.05, 4.69) is 6.92 Å². The lowest BCUT2D eigenvalue weighted by molar-refractivity contribution is -0.144. The van der Waals surface area contributed by atoms with Gasteiger partial charge in [0.05, 0.1) is 6.61 Å². The molecule has 5 heteroatoms. The summed E-state index contributed by atoms with van der Waals surface area (Å²) in [5, 5.41) is 8.53. The van der Waals surface area contributed by atoms with E-state index < -0.39 is 12.0 Å². The third-order valence-electron chi connectivity index (χ3n) is 2.74. The Morgan fingerprint density at radius 3 is 2.39 bits per heavy atom. The van der Waals surface area contributed by atoms with Gasteiger partial charge in [0.1, 0.15) is 6.04 Å². The SMILES string of the molecule is CCCCCCCCOC(=O)CC[C@H](N)C(=O)O. The van der Waals surface area contributed by atoms with E-state index >= 15 is 0 Å². The maximum atomic E-state index is 11.2. The second kappa shape index (κ2) is 11.0. The van der Waals surface area contributed by atoms with Gasteiger partial charge in [-0.3, -0.25) is 9.59 Å². The molecule has 0 aliphatic heterocycles. The van der Waals surface area contributed by atoms with Gasteiger partial charge < -0.3 is 15.6 Å². The molecule has 0 spiro atoms. The van der Waals surface area contributed by atoms with Gasteiger partial charge in [-0.05, 0) is 12.8 Å². The van der Waals surface area contributed by atoms with Crippen LogP contribution < -0.4 is 5.73 Å². The molecular formula is C13H25NO4. The number of esters is 1. The molecule has 0 aromatic heterocycles. The van der Waals surface area contributed by atoms with Crippen molar-refractivity contribution in [3.8, 4) is 0 Å². The number of ether oxygens (including phenoxy) is 1. The van der Waals surface area contributed by atoms with E-state index in [1.165, 1.54) is 25.7 Å². The Hall–Kier alpha value is -1.10. The van der Waals surface area contributed by atoms with E-state index in [-0.39, 0.29) is 18.8 Å². The summed E-state index contributed by atoms with van der Waals surface area (Å²) in [4.78, 5) is 21.7. The van der Waals surface area contributed by atoms with Crippen LogP contribution in [0.4, 0.5) is 0 Å². The highest BCUT2D eigenvalue weighted by Gasteiger charge is 2.13. The number of hydrogen-bond acceptors (Lipinski definition) is 4. The van der Waals surface area contributed by atoms with Crippen LogP contribution in [0.5, 0.6) is 0 Å². The van der Waals surface area contributed by atoms with Crippen molar-refractivity contribution in [1.82, 2.24) is 0 Å². The Labute approximate surface area is 109 Å². The van der Waals surface area contributed by atoms with Gasteiger partial charge in [-0.1, -0.05) is 39.0 Å². The van der Waals surface area contributed by atoms with Gasteiger partial charge in [-0.25, -0.2) is 0 Å². The fourth-order valence-corrected chi connectivity index (χ4v) is 1.54. The predicted molar refractivity (Wildman–Crippen MR) is 69.2 cm³/mol. The maximum absolute atomic E-state index is 11.2. The molecule has 0 radical (unpaired) electrons. The van der Waals surface area contributed by atoms with Crippen molar-refractivity contribution in [1.29, 1.82) is 0 Å². The first-order valence-corrected chi connectivity index (χ1v) is 6.72. The minimum atomic E-state index is -1.08. The average Bonchev–Trinajstić information content (AvgIpc) is 2.34. The summed E-state index contributed by atoms with van der Waals surface area (Å²) in [6.07, 6.45) is 7.04. The first kappa shape index (κ1) is 16.9. The molecule has 0 saturated carbocycles. The minimum absolute atomic E-state index is 0.0727. The highest BCUT2D eigenvalue weighted by atomic mass is 16.5. The Bertz CT molecular complexity index is 243. The third-order valence-corrected chi connectivity index (χ3v) is 2.74. The lowest BCUT2D eigenvalue weighted by atomic mass is 10.1. The number of aliphatic carboxylic acids is 1. The van der Waals surface area contributed by atoms with Crippen LogP contribution in [0, 0.1) is 0 Å². The Morgan fingerprint density at radius 2 is 1.78 bits per heavy atom. The molecule has 0 aliphatic rings. The van der Waals surface area contributed by atoms with Gasteiger partial charge in [0.15, 0.2) is 0 Å². The Kier molecular flexibility index (Phi) is 10.3. The van der Waals surface area contributed by atoms with E-state index in [4.69, 9.17) is 15.6 Å². The van der Waals surface area contributed by atoms with E-state index in [9.17, 15) is 9.59 Å². The van der Waals surface area contributed by atoms with Crippen LogP contribution in [-0.2, 0) is 14.3 Å². The van der Waals surface area contributed by atoms with Crippen LogP contribution in [0.1, 0.15) is 58.3 Å². The number of carboxylic acid groups (broad SMARTS) is 1. The Balaban J connectivity index is 3.35. The molecule has 0 fully saturated rings. The third kappa shape index (κ3) is 10.1. The van der Waals surface area contributed by atoms with Crippen LogP contribution >= 0.6 is 0 Å². The van der Waals surface area contributed by atoms with Gasteiger partial charge in [0.25, 0.3) is 0 Å². The highest BCUT2D eigenvalue weighted by molar-refractivity contribution is 5.75. The summed E-state index contributed by atoms with van der Waals surface area (Å²) < 4.78 is 4.99. The van der Waals surface area contributed by atoms with Gasteiger partial charge >= 0.3 is 11.9 Å². The summed E-state index contributed by atoms with van der Waals surface area (Å²) >= 11 is 0. The molecular weight excluding hydrogens is 234 g/mol. The van der Waals surface area contributed by atoms with Crippen LogP contribution in [0.25, 0.3) is 0 Å². The molecule has 0 saturated heterocycles. The quantitative estimate of drug-likeness (QED) is 0.438. The summed E-state index contributed by atoms with van der Waals surface area (Å²) in [5.74, 6) is -1.45. The second-order valence-corrected chi connectivity index (χ2v) is 4.47. The largest absolute Gasteiger partial charge is 0.480 e. The Morgan fingerprint density at radius 1 is 1.17 bits per heavy atom. The van der Waals surface area contributed by atoms with Gasteiger partial charge in [0.2, 0.25) is 0 Å². The molecule has 0 unspecified atom stereocenters. The number of carbonyl (C=O) groups excluding carboxylic acids is 1. The number of hydrogen-bond donors (Lipinski definition) is 2. The van der Waals surface area contributed by atoms with Crippen molar-refractivity contribution in [3.63, 3.8) is 0 Å². The van der Waals surface area contributed by atoms with Gasteiger partial charge in [0, 0.05) is 6.42 Å². The number of unbranched alkanes of at least 4 members (excludes halogenated alkanes) is 5. The van der Waals surface area contributed by atoms with Crippen molar-refractivity contribution in [2.75, 3.05) is 6.61 Å². The molecule has 5 nitrogen and oxygen atoms in total. The average molecular weight is 259 g/mol. The fraction of sp³-hybridized carbons (Fsp3) is 0.846. The summed E-state index contributed by atoms with van der Waals surface area (Å²) in [5.41, 5.74) is 5.28. The highest BCUT2D eigenvalue weighted by Crippen LogP contribution is 2.05.